The molecule has 2 fully saturated rings. The number of hydrogen-bond donors (Lipinski definition) is 0. The van der Waals surface area contributed by atoms with Crippen LogP contribution in [0.15, 0.2) is 17.0 Å². The molecule has 0 N–H and O–H groups in total. The molecule has 2 aliphatic rings. The molecule has 0 aromatic carbocycles. The van der Waals surface area contributed by atoms with Gasteiger partial charge in [-0.05, 0) is 30.0 Å². The molecule has 122 valence electrons. The van der Waals surface area contributed by atoms with Crippen LogP contribution in [0.3, 0.4) is 0 Å². The van der Waals surface area contributed by atoms with Crippen LogP contribution in [-0.4, -0.2) is 59.7 Å². The Hall–Kier alpha value is -1.35. The first kappa shape index (κ1) is 16.5. The summed E-state index contributed by atoms with van der Waals surface area (Å²) in [7, 11) is 0. The molecule has 0 radical (unpaired) electrons. The van der Waals surface area contributed by atoms with Crippen LogP contribution >= 0.6 is 34.7 Å². The van der Waals surface area contributed by atoms with Gasteiger partial charge in [0.25, 0.3) is 11.1 Å². The summed E-state index contributed by atoms with van der Waals surface area (Å²) in [5.74, 6) is -0.679. The Balaban J connectivity index is 1.68. The fourth-order valence-corrected chi connectivity index (χ4v) is 4.13. The van der Waals surface area contributed by atoms with Gasteiger partial charge in [-0.25, -0.2) is 0 Å². The smallest absolute Gasteiger partial charge is 0.294 e. The second kappa shape index (κ2) is 7.04. The fourth-order valence-electron chi connectivity index (χ4n) is 2.22. The van der Waals surface area contributed by atoms with E-state index in [2.05, 4.69) is 0 Å². The second-order valence-electron chi connectivity index (χ2n) is 4.90. The Morgan fingerprint density at radius 3 is 2.70 bits per heavy atom. The van der Waals surface area contributed by atoms with Gasteiger partial charge < -0.3 is 9.64 Å². The molecule has 3 rings (SSSR count). The summed E-state index contributed by atoms with van der Waals surface area (Å²) >= 11 is 8.02. The van der Waals surface area contributed by atoms with E-state index in [4.69, 9.17) is 16.3 Å². The van der Waals surface area contributed by atoms with Gasteiger partial charge in [0.15, 0.2) is 0 Å². The molecule has 0 bridgehead atoms. The van der Waals surface area contributed by atoms with Crippen molar-refractivity contribution in [3.05, 3.63) is 26.3 Å². The van der Waals surface area contributed by atoms with Crippen molar-refractivity contribution in [1.82, 2.24) is 9.80 Å². The zero-order valence-corrected chi connectivity index (χ0v) is 14.4. The molecule has 2 saturated heterocycles. The quantitative estimate of drug-likeness (QED) is 0.761. The Morgan fingerprint density at radius 1 is 1.30 bits per heavy atom. The summed E-state index contributed by atoms with van der Waals surface area (Å²) in [6, 6.07) is 3.50. The highest BCUT2D eigenvalue weighted by molar-refractivity contribution is 8.18. The van der Waals surface area contributed by atoms with Crippen molar-refractivity contribution in [2.75, 3.05) is 32.8 Å². The number of imide groups is 1. The van der Waals surface area contributed by atoms with E-state index in [1.165, 1.54) is 11.3 Å². The third-order valence-corrected chi connectivity index (χ3v) is 5.48. The predicted octanol–water partition coefficient (Wildman–Crippen LogP) is 2.30. The van der Waals surface area contributed by atoms with Crippen molar-refractivity contribution in [1.29, 1.82) is 0 Å². The number of nitrogens with zero attached hydrogens (tertiary/aromatic N) is 2. The third kappa shape index (κ3) is 3.77. The fraction of sp³-hybridized carbons (Fsp3) is 0.357. The maximum atomic E-state index is 12.3. The first-order valence-corrected chi connectivity index (χ1v) is 8.92. The maximum absolute atomic E-state index is 12.3. The summed E-state index contributed by atoms with van der Waals surface area (Å²) < 4.78 is 5.79. The molecule has 0 spiro atoms. The van der Waals surface area contributed by atoms with Crippen LogP contribution in [0, 0.1) is 0 Å². The minimum atomic E-state index is -0.439. The van der Waals surface area contributed by atoms with E-state index in [9.17, 15) is 14.4 Å². The lowest BCUT2D eigenvalue weighted by Gasteiger charge is -2.27. The number of halogens is 1. The largest absolute Gasteiger partial charge is 0.378 e. The average molecular weight is 373 g/mol. The van der Waals surface area contributed by atoms with Crippen molar-refractivity contribution >= 4 is 57.8 Å². The van der Waals surface area contributed by atoms with Crippen LogP contribution in [0.2, 0.25) is 4.34 Å². The summed E-state index contributed by atoms with van der Waals surface area (Å²) in [5.41, 5.74) is 0. The van der Waals surface area contributed by atoms with Gasteiger partial charge in [-0.3, -0.25) is 19.3 Å². The number of thioether (sulfide) groups is 1. The zero-order chi connectivity index (χ0) is 16.4. The summed E-state index contributed by atoms with van der Waals surface area (Å²) in [6.07, 6.45) is 1.63. The SMILES string of the molecule is O=C(CN1C(=O)S/C(=C/c2ccc(Cl)s2)C1=O)N1CCOCC1. The van der Waals surface area contributed by atoms with Gasteiger partial charge in [0.2, 0.25) is 5.91 Å². The molecule has 1 aromatic heterocycles. The van der Waals surface area contributed by atoms with Crippen molar-refractivity contribution in [3.8, 4) is 0 Å². The Bertz CT molecular complexity index is 682. The highest BCUT2D eigenvalue weighted by Gasteiger charge is 2.37. The van der Waals surface area contributed by atoms with E-state index in [1.54, 1.807) is 23.1 Å². The Morgan fingerprint density at radius 2 is 2.04 bits per heavy atom. The van der Waals surface area contributed by atoms with E-state index in [0.717, 1.165) is 21.5 Å². The first-order chi connectivity index (χ1) is 11.0. The zero-order valence-electron chi connectivity index (χ0n) is 12.0. The summed E-state index contributed by atoms with van der Waals surface area (Å²) in [4.78, 5) is 40.2. The van der Waals surface area contributed by atoms with Crippen LogP contribution in [0.1, 0.15) is 4.88 Å². The molecule has 6 nitrogen and oxygen atoms in total. The third-order valence-electron chi connectivity index (χ3n) is 3.40. The van der Waals surface area contributed by atoms with Gasteiger partial charge in [0.05, 0.1) is 22.5 Å². The van der Waals surface area contributed by atoms with E-state index >= 15 is 0 Å². The first-order valence-electron chi connectivity index (χ1n) is 6.91. The van der Waals surface area contributed by atoms with E-state index < -0.39 is 11.1 Å². The van der Waals surface area contributed by atoms with Gasteiger partial charge in [-0.15, -0.1) is 11.3 Å². The van der Waals surface area contributed by atoms with Crippen molar-refractivity contribution in [2.45, 2.75) is 0 Å². The molecule has 2 aliphatic heterocycles. The molecule has 1 aromatic rings. The summed E-state index contributed by atoms with van der Waals surface area (Å²) in [5, 5.41) is -0.425. The van der Waals surface area contributed by atoms with Crippen LogP contribution in [-0.2, 0) is 14.3 Å². The van der Waals surface area contributed by atoms with E-state index in [1.807, 2.05) is 0 Å². The van der Waals surface area contributed by atoms with Crippen molar-refractivity contribution in [3.63, 3.8) is 0 Å². The Labute approximate surface area is 146 Å². The maximum Gasteiger partial charge on any atom is 0.294 e. The number of carbonyl (C=O) groups excluding carboxylic acids is 3. The van der Waals surface area contributed by atoms with Crippen molar-refractivity contribution < 1.29 is 19.1 Å². The average Bonchev–Trinajstić information content (AvgIpc) is 3.07. The molecule has 3 amide bonds. The number of carbonyl (C=O) groups is 3. The molecule has 0 saturated carbocycles. The normalized spacial score (nSPS) is 20.7. The lowest BCUT2D eigenvalue weighted by molar-refractivity contribution is -0.139. The van der Waals surface area contributed by atoms with E-state index in [-0.39, 0.29) is 12.5 Å². The number of amides is 3. The molecular weight excluding hydrogens is 360 g/mol. The van der Waals surface area contributed by atoms with Gasteiger partial charge >= 0.3 is 0 Å². The van der Waals surface area contributed by atoms with Gasteiger partial charge in [-0.1, -0.05) is 11.6 Å². The number of thiophene rings is 1. The van der Waals surface area contributed by atoms with Crippen LogP contribution in [0.25, 0.3) is 6.08 Å². The van der Waals surface area contributed by atoms with Crippen LogP contribution in [0.4, 0.5) is 4.79 Å². The van der Waals surface area contributed by atoms with E-state index in [0.29, 0.717) is 35.5 Å². The minimum Gasteiger partial charge on any atom is -0.378 e. The lowest BCUT2D eigenvalue weighted by Crippen LogP contribution is -2.46. The topological polar surface area (TPSA) is 66.9 Å². The van der Waals surface area contributed by atoms with Gasteiger partial charge in [-0.2, -0.15) is 0 Å². The van der Waals surface area contributed by atoms with Crippen molar-refractivity contribution in [2.24, 2.45) is 0 Å². The minimum absolute atomic E-state index is 0.229. The van der Waals surface area contributed by atoms with Gasteiger partial charge in [0.1, 0.15) is 6.54 Å². The summed E-state index contributed by atoms with van der Waals surface area (Å²) in [6.45, 7) is 1.70. The molecular formula is C14H13ClN2O4S2. The molecule has 0 aliphatic carbocycles. The lowest BCUT2D eigenvalue weighted by atomic mass is 10.3. The molecule has 9 heteroatoms. The number of ether oxygens (including phenoxy) is 1. The number of morpholine rings is 1. The molecule has 0 unspecified atom stereocenters. The standard InChI is InChI=1S/C14H13ClN2O4S2/c15-11-2-1-9(22-11)7-10-13(19)17(14(20)23-10)8-12(18)16-3-5-21-6-4-16/h1-2,7H,3-6,8H2/b10-7+. The highest BCUT2D eigenvalue weighted by Crippen LogP contribution is 2.34. The molecule has 23 heavy (non-hydrogen) atoms. The highest BCUT2D eigenvalue weighted by atomic mass is 35.5. The predicted molar refractivity (Wildman–Crippen MR) is 89.4 cm³/mol. The Kier molecular flexibility index (Phi) is 5.05. The number of hydrogen-bond acceptors (Lipinski definition) is 6. The number of rotatable bonds is 3. The van der Waals surface area contributed by atoms with Gasteiger partial charge in [0, 0.05) is 18.0 Å². The van der Waals surface area contributed by atoms with Crippen LogP contribution < -0.4 is 0 Å². The van der Waals surface area contributed by atoms with Crippen LogP contribution in [0.5, 0.6) is 0 Å². The monoisotopic (exact) mass is 372 g/mol. The second-order valence-corrected chi connectivity index (χ2v) is 7.64. The molecule has 3 heterocycles. The molecule has 0 atom stereocenters.